The van der Waals surface area contributed by atoms with Crippen molar-refractivity contribution in [3.05, 3.63) is 100 Å². The van der Waals surface area contributed by atoms with Gasteiger partial charge in [0.05, 0.1) is 0 Å². The molecule has 0 bridgehead atoms. The molecule has 0 radical (unpaired) electrons. The average molecular weight is 468 g/mol. The minimum atomic E-state index is 0. The van der Waals surface area contributed by atoms with Crippen molar-refractivity contribution in [3.63, 3.8) is 0 Å². The quantitative estimate of drug-likeness (QED) is 0.408. The summed E-state index contributed by atoms with van der Waals surface area (Å²) in [5, 5.41) is 2.24. The maximum absolute atomic E-state index is 6.11. The van der Waals surface area contributed by atoms with E-state index in [1.165, 1.54) is 47.7 Å². The van der Waals surface area contributed by atoms with Crippen LogP contribution in [0.25, 0.3) is 10.9 Å². The SMILES string of the molecule is Clc1cccc(C[n+]2ccc(Cn3c4c(c5ccccc53)CCCC4)cc2)c1.[Br-]. The highest BCUT2D eigenvalue weighted by atomic mass is 79.9. The molecule has 0 unspecified atom stereocenters. The van der Waals surface area contributed by atoms with E-state index >= 15 is 0 Å². The zero-order chi connectivity index (χ0) is 18.9. The van der Waals surface area contributed by atoms with Crippen molar-refractivity contribution in [3.8, 4) is 0 Å². The summed E-state index contributed by atoms with van der Waals surface area (Å²) in [5.41, 5.74) is 7.06. The topological polar surface area (TPSA) is 8.81 Å². The number of hydrogen-bond donors (Lipinski definition) is 0. The largest absolute Gasteiger partial charge is 1.00 e. The first-order chi connectivity index (χ1) is 13.8. The summed E-state index contributed by atoms with van der Waals surface area (Å²) >= 11 is 6.11. The normalized spacial score (nSPS) is 13.1. The first-order valence-electron chi connectivity index (χ1n) is 10.1. The summed E-state index contributed by atoms with van der Waals surface area (Å²) < 4.78 is 4.75. The monoisotopic (exact) mass is 466 g/mol. The van der Waals surface area contributed by atoms with E-state index in [0.29, 0.717) is 0 Å². The lowest BCUT2D eigenvalue weighted by Gasteiger charge is -2.16. The predicted octanol–water partition coefficient (Wildman–Crippen LogP) is 2.56. The molecule has 0 amide bonds. The standard InChI is InChI=1S/C25H24ClN2.BrH/c26-21-7-5-6-20(16-21)17-27-14-12-19(13-15-27)18-28-24-10-3-1-8-22(24)23-9-2-4-11-25(23)28;/h1,3,5-8,10,12-16H,2,4,9,11,17-18H2;1H/q+1;/p-1. The Morgan fingerprint density at radius 2 is 1.66 bits per heavy atom. The van der Waals surface area contributed by atoms with Crippen LogP contribution in [0, 0.1) is 0 Å². The summed E-state index contributed by atoms with van der Waals surface area (Å²) in [6.07, 6.45) is 9.39. The fourth-order valence-corrected chi connectivity index (χ4v) is 4.71. The average Bonchev–Trinajstić information content (AvgIpc) is 3.04. The number of hydrogen-bond acceptors (Lipinski definition) is 0. The molecule has 2 aromatic carbocycles. The number of aromatic nitrogens is 2. The zero-order valence-corrected chi connectivity index (χ0v) is 18.7. The van der Waals surface area contributed by atoms with Gasteiger partial charge in [0.1, 0.15) is 0 Å². The second kappa shape index (κ2) is 8.73. The van der Waals surface area contributed by atoms with Crippen LogP contribution in [0.4, 0.5) is 0 Å². The molecule has 0 saturated heterocycles. The number of nitrogens with zero attached hydrogens (tertiary/aromatic N) is 2. The van der Waals surface area contributed by atoms with Gasteiger partial charge in [0.2, 0.25) is 0 Å². The van der Waals surface area contributed by atoms with Gasteiger partial charge >= 0.3 is 0 Å². The van der Waals surface area contributed by atoms with E-state index in [2.05, 4.69) is 64.0 Å². The van der Waals surface area contributed by atoms with Crippen molar-refractivity contribution in [1.29, 1.82) is 0 Å². The third kappa shape index (κ3) is 4.12. The number of rotatable bonds is 4. The van der Waals surface area contributed by atoms with Gasteiger partial charge in [-0.3, -0.25) is 0 Å². The van der Waals surface area contributed by atoms with Gasteiger partial charge in [-0.05, 0) is 55.0 Å². The Balaban J connectivity index is 0.00000205. The Morgan fingerprint density at radius 3 is 2.48 bits per heavy atom. The molecule has 0 saturated carbocycles. The Hall–Kier alpha value is -2.10. The fourth-order valence-electron chi connectivity index (χ4n) is 4.50. The molecule has 2 aromatic heterocycles. The number of fused-ring (bicyclic) bond motifs is 3. The molecule has 4 aromatic rings. The third-order valence-electron chi connectivity index (χ3n) is 5.84. The van der Waals surface area contributed by atoms with Crippen LogP contribution >= 0.6 is 11.6 Å². The Morgan fingerprint density at radius 1 is 0.862 bits per heavy atom. The molecule has 5 rings (SSSR count). The van der Waals surface area contributed by atoms with Gasteiger partial charge in [-0.25, -0.2) is 4.57 Å². The van der Waals surface area contributed by atoms with Crippen molar-refractivity contribution in [2.45, 2.75) is 38.8 Å². The molecule has 29 heavy (non-hydrogen) atoms. The summed E-state index contributed by atoms with van der Waals surface area (Å²) in [7, 11) is 0. The van der Waals surface area contributed by atoms with Crippen LogP contribution in [0.2, 0.25) is 5.02 Å². The molecule has 4 heteroatoms. The molecule has 1 aliphatic rings. The maximum Gasteiger partial charge on any atom is 0.173 e. The van der Waals surface area contributed by atoms with E-state index in [0.717, 1.165) is 18.1 Å². The van der Waals surface area contributed by atoms with Crippen LogP contribution in [0.15, 0.2) is 73.1 Å². The Bertz CT molecular complexity index is 1130. The summed E-state index contributed by atoms with van der Waals surface area (Å²) in [5.74, 6) is 0. The highest BCUT2D eigenvalue weighted by molar-refractivity contribution is 6.30. The van der Waals surface area contributed by atoms with Crippen LogP contribution in [0.5, 0.6) is 0 Å². The highest BCUT2D eigenvalue weighted by Gasteiger charge is 2.19. The van der Waals surface area contributed by atoms with Crippen molar-refractivity contribution in [2.75, 3.05) is 0 Å². The van der Waals surface area contributed by atoms with E-state index in [4.69, 9.17) is 11.6 Å². The minimum absolute atomic E-state index is 0. The molecule has 1 aliphatic carbocycles. The molecule has 0 atom stereocenters. The van der Waals surface area contributed by atoms with E-state index in [9.17, 15) is 0 Å². The summed E-state index contributed by atoms with van der Waals surface area (Å²) in [6.45, 7) is 1.77. The molecule has 2 nitrogen and oxygen atoms in total. The number of pyridine rings is 1. The lowest BCUT2D eigenvalue weighted by atomic mass is 9.95. The van der Waals surface area contributed by atoms with Gasteiger partial charge in [0.15, 0.2) is 18.9 Å². The van der Waals surface area contributed by atoms with Crippen LogP contribution in [0.1, 0.15) is 35.2 Å². The zero-order valence-electron chi connectivity index (χ0n) is 16.3. The fraction of sp³-hybridized carbons (Fsp3) is 0.240. The van der Waals surface area contributed by atoms with Gasteiger partial charge < -0.3 is 21.5 Å². The second-order valence-corrected chi connectivity index (χ2v) is 8.18. The van der Waals surface area contributed by atoms with E-state index in [-0.39, 0.29) is 17.0 Å². The van der Waals surface area contributed by atoms with E-state index < -0.39 is 0 Å². The first-order valence-corrected chi connectivity index (χ1v) is 10.5. The molecular formula is C25H24BrClN2. The lowest BCUT2D eigenvalue weighted by molar-refractivity contribution is -0.688. The van der Waals surface area contributed by atoms with E-state index in [1.54, 1.807) is 11.3 Å². The van der Waals surface area contributed by atoms with Crippen LogP contribution in [-0.4, -0.2) is 4.57 Å². The van der Waals surface area contributed by atoms with Crippen LogP contribution < -0.4 is 21.5 Å². The molecule has 0 aliphatic heterocycles. The van der Waals surface area contributed by atoms with Gasteiger partial charge in [-0.2, -0.15) is 0 Å². The summed E-state index contributed by atoms with van der Waals surface area (Å²) in [6, 6.07) is 21.5. The molecular weight excluding hydrogens is 444 g/mol. The van der Waals surface area contributed by atoms with Gasteiger partial charge in [0.25, 0.3) is 0 Å². The van der Waals surface area contributed by atoms with Gasteiger partial charge in [0, 0.05) is 45.9 Å². The van der Waals surface area contributed by atoms with Crippen molar-refractivity contribution in [2.24, 2.45) is 0 Å². The smallest absolute Gasteiger partial charge is 0.173 e. The van der Waals surface area contributed by atoms with Crippen LogP contribution in [0.3, 0.4) is 0 Å². The molecule has 2 heterocycles. The van der Waals surface area contributed by atoms with Crippen LogP contribution in [-0.2, 0) is 25.9 Å². The lowest BCUT2D eigenvalue weighted by Crippen LogP contribution is -3.00. The molecule has 0 N–H and O–H groups in total. The van der Waals surface area contributed by atoms with Crippen molar-refractivity contribution in [1.82, 2.24) is 4.57 Å². The molecule has 148 valence electrons. The highest BCUT2D eigenvalue weighted by Crippen LogP contribution is 2.32. The number of halogens is 2. The summed E-state index contributed by atoms with van der Waals surface area (Å²) in [4.78, 5) is 0. The van der Waals surface area contributed by atoms with Crippen molar-refractivity contribution < 1.29 is 21.5 Å². The Labute approximate surface area is 187 Å². The molecule has 0 fully saturated rings. The predicted molar refractivity (Wildman–Crippen MR) is 115 cm³/mol. The Kier molecular flexibility index (Phi) is 6.07. The maximum atomic E-state index is 6.11. The number of benzene rings is 2. The first kappa shape index (κ1) is 20.2. The number of para-hydroxylation sites is 1. The number of aryl methyl sites for hydroxylation is 1. The second-order valence-electron chi connectivity index (χ2n) is 7.74. The third-order valence-corrected chi connectivity index (χ3v) is 6.07. The van der Waals surface area contributed by atoms with E-state index in [1.807, 2.05) is 18.2 Å². The van der Waals surface area contributed by atoms with Gasteiger partial charge in [-0.15, -0.1) is 0 Å². The van der Waals surface area contributed by atoms with Gasteiger partial charge in [-0.1, -0.05) is 41.9 Å². The van der Waals surface area contributed by atoms with Crippen molar-refractivity contribution >= 4 is 22.5 Å². The minimum Gasteiger partial charge on any atom is -1.00 e. The molecule has 0 spiro atoms.